The summed E-state index contributed by atoms with van der Waals surface area (Å²) in [6.07, 6.45) is 0.961. The van der Waals surface area contributed by atoms with Gasteiger partial charge in [0.15, 0.2) is 0 Å². The number of nitrogens with zero attached hydrogens (tertiary/aromatic N) is 2. The van der Waals surface area contributed by atoms with E-state index in [-0.39, 0.29) is 27.8 Å². The molecular weight excluding hydrogens is 364 g/mol. The maximum atomic E-state index is 12.3. The van der Waals surface area contributed by atoms with Crippen LogP contribution in [-0.2, 0) is 14.8 Å². The molecule has 3 N–H and O–H groups in total. The second-order valence-corrected chi connectivity index (χ2v) is 9.48. The van der Waals surface area contributed by atoms with Gasteiger partial charge in [-0.05, 0) is 43.1 Å². The molecule has 0 radical (unpaired) electrons. The second kappa shape index (κ2) is 7.59. The van der Waals surface area contributed by atoms with Crippen molar-refractivity contribution in [3.8, 4) is 0 Å². The van der Waals surface area contributed by atoms with Gasteiger partial charge < -0.3 is 11.1 Å². The lowest BCUT2D eigenvalue weighted by Gasteiger charge is -2.22. The molecule has 9 heteroatoms. The van der Waals surface area contributed by atoms with E-state index < -0.39 is 10.0 Å². The Morgan fingerprint density at radius 1 is 1.44 bits per heavy atom. The molecule has 7 nitrogen and oxygen atoms in total. The first-order valence-corrected chi connectivity index (χ1v) is 9.83. The molecule has 1 heterocycles. The number of likely N-dealkylation sites (tertiary alicyclic amines) is 1. The van der Waals surface area contributed by atoms with Crippen molar-refractivity contribution in [1.82, 2.24) is 9.21 Å². The number of hydrogen-bond donors (Lipinski definition) is 2. The van der Waals surface area contributed by atoms with Crippen LogP contribution >= 0.6 is 11.6 Å². The van der Waals surface area contributed by atoms with Crippen molar-refractivity contribution in [2.24, 2.45) is 11.1 Å². The first-order valence-electron chi connectivity index (χ1n) is 8.02. The Balaban J connectivity index is 2.07. The quantitative estimate of drug-likeness (QED) is 0.763. The monoisotopic (exact) mass is 388 g/mol. The average Bonchev–Trinajstić information content (AvgIpc) is 2.90. The summed E-state index contributed by atoms with van der Waals surface area (Å²) in [6, 6.07) is 4.43. The molecule has 1 aliphatic heterocycles. The van der Waals surface area contributed by atoms with Crippen molar-refractivity contribution < 1.29 is 13.2 Å². The molecule has 1 atom stereocenters. The van der Waals surface area contributed by atoms with Gasteiger partial charge in [0.2, 0.25) is 15.9 Å². The Bertz CT molecular complexity index is 754. The van der Waals surface area contributed by atoms with Gasteiger partial charge in [-0.15, -0.1) is 0 Å². The van der Waals surface area contributed by atoms with E-state index in [0.717, 1.165) is 23.8 Å². The third kappa shape index (κ3) is 4.71. The molecule has 25 heavy (non-hydrogen) atoms. The standard InChI is InChI=1S/C16H25ClN4O3S/c1-16(10-18)6-7-21(11-16)9-15(22)19-12-4-5-13(17)14(8-12)25(23,24)20(2)3/h4-5,8H,6-7,9-11,18H2,1-3H3,(H,19,22). The van der Waals surface area contributed by atoms with E-state index in [0.29, 0.717) is 12.2 Å². The van der Waals surface area contributed by atoms with Crippen molar-refractivity contribution in [1.29, 1.82) is 0 Å². The Morgan fingerprint density at radius 3 is 2.68 bits per heavy atom. The molecule has 1 aromatic rings. The van der Waals surface area contributed by atoms with Crippen LogP contribution in [0.15, 0.2) is 23.1 Å². The lowest BCUT2D eigenvalue weighted by molar-refractivity contribution is -0.117. The van der Waals surface area contributed by atoms with Crippen LogP contribution in [0, 0.1) is 5.41 Å². The molecule has 140 valence electrons. The van der Waals surface area contributed by atoms with Crippen molar-refractivity contribution in [3.05, 3.63) is 23.2 Å². The van der Waals surface area contributed by atoms with Gasteiger partial charge in [0, 0.05) is 26.3 Å². The van der Waals surface area contributed by atoms with Crippen molar-refractivity contribution in [3.63, 3.8) is 0 Å². The van der Waals surface area contributed by atoms with Gasteiger partial charge in [-0.2, -0.15) is 0 Å². The van der Waals surface area contributed by atoms with Gasteiger partial charge >= 0.3 is 0 Å². The number of benzene rings is 1. The number of anilines is 1. The Kier molecular flexibility index (Phi) is 6.11. The fraction of sp³-hybridized carbons (Fsp3) is 0.562. The SMILES string of the molecule is CN(C)S(=O)(=O)c1cc(NC(=O)CN2CCC(C)(CN)C2)ccc1Cl. The molecule has 0 bridgehead atoms. The van der Waals surface area contributed by atoms with E-state index in [1.54, 1.807) is 6.07 Å². The van der Waals surface area contributed by atoms with Crippen LogP contribution in [0.4, 0.5) is 5.69 Å². The summed E-state index contributed by atoms with van der Waals surface area (Å²) in [6.45, 7) is 4.55. The number of halogens is 1. The van der Waals surface area contributed by atoms with Crippen molar-refractivity contribution in [2.45, 2.75) is 18.2 Å². The van der Waals surface area contributed by atoms with Gasteiger partial charge in [-0.3, -0.25) is 9.69 Å². The molecule has 0 spiro atoms. The van der Waals surface area contributed by atoms with Gasteiger partial charge in [-0.1, -0.05) is 18.5 Å². The number of sulfonamides is 1. The Morgan fingerprint density at radius 2 is 2.12 bits per heavy atom. The lowest BCUT2D eigenvalue weighted by atomic mass is 9.90. The zero-order valence-electron chi connectivity index (χ0n) is 14.8. The van der Waals surface area contributed by atoms with Crippen LogP contribution in [0.3, 0.4) is 0 Å². The van der Waals surface area contributed by atoms with Crippen molar-refractivity contribution >= 4 is 33.2 Å². The minimum Gasteiger partial charge on any atom is -0.330 e. The number of carbonyl (C=O) groups is 1. The molecule has 1 unspecified atom stereocenters. The molecule has 2 rings (SSSR count). The third-order valence-electron chi connectivity index (χ3n) is 4.47. The molecule has 1 amide bonds. The van der Waals surface area contributed by atoms with Crippen LogP contribution in [0.25, 0.3) is 0 Å². The number of amides is 1. The van der Waals surface area contributed by atoms with E-state index in [9.17, 15) is 13.2 Å². The third-order valence-corrected chi connectivity index (χ3v) is 6.77. The highest BCUT2D eigenvalue weighted by Crippen LogP contribution is 2.29. The number of carbonyl (C=O) groups excluding carboxylic acids is 1. The van der Waals surface area contributed by atoms with Crippen LogP contribution in [0.2, 0.25) is 5.02 Å². The van der Waals surface area contributed by atoms with E-state index in [1.165, 1.54) is 26.2 Å². The molecule has 1 fully saturated rings. The maximum absolute atomic E-state index is 12.3. The molecule has 1 aliphatic rings. The largest absolute Gasteiger partial charge is 0.330 e. The molecular formula is C16H25ClN4O3S. The first kappa shape index (κ1) is 20.1. The number of nitrogens with two attached hydrogens (primary N) is 1. The van der Waals surface area contributed by atoms with Crippen LogP contribution < -0.4 is 11.1 Å². The summed E-state index contributed by atoms with van der Waals surface area (Å²) < 4.78 is 25.6. The van der Waals surface area contributed by atoms with Crippen molar-refractivity contribution in [2.75, 3.05) is 45.6 Å². The predicted molar refractivity (Wildman–Crippen MR) is 99.2 cm³/mol. The van der Waals surface area contributed by atoms with Gasteiger partial charge in [0.1, 0.15) is 4.90 Å². The van der Waals surface area contributed by atoms with Gasteiger partial charge in [0.05, 0.1) is 11.6 Å². The lowest BCUT2D eigenvalue weighted by Crippen LogP contribution is -2.35. The summed E-state index contributed by atoms with van der Waals surface area (Å²) in [7, 11) is -0.823. The smallest absolute Gasteiger partial charge is 0.244 e. The topological polar surface area (TPSA) is 95.7 Å². The van der Waals surface area contributed by atoms with Gasteiger partial charge in [-0.25, -0.2) is 12.7 Å². The molecule has 1 saturated heterocycles. The second-order valence-electron chi connectivity index (χ2n) is 6.96. The van der Waals surface area contributed by atoms with Crippen LogP contribution in [0.5, 0.6) is 0 Å². The van der Waals surface area contributed by atoms with Crippen LogP contribution in [0.1, 0.15) is 13.3 Å². The minimum absolute atomic E-state index is 0.0335. The highest BCUT2D eigenvalue weighted by Gasteiger charge is 2.33. The number of nitrogens with one attached hydrogen (secondary N) is 1. The fourth-order valence-electron chi connectivity index (χ4n) is 2.81. The Labute approximate surface area is 154 Å². The number of hydrogen-bond acceptors (Lipinski definition) is 5. The normalized spacial score (nSPS) is 21.7. The maximum Gasteiger partial charge on any atom is 0.244 e. The zero-order chi connectivity index (χ0) is 18.8. The molecule has 0 aliphatic carbocycles. The molecule has 0 saturated carbocycles. The van der Waals surface area contributed by atoms with Gasteiger partial charge in [0.25, 0.3) is 0 Å². The first-order chi connectivity index (χ1) is 11.6. The van der Waals surface area contributed by atoms with E-state index in [4.69, 9.17) is 17.3 Å². The minimum atomic E-state index is -3.68. The van der Waals surface area contributed by atoms with E-state index in [2.05, 4.69) is 17.1 Å². The summed E-state index contributed by atoms with van der Waals surface area (Å²) in [4.78, 5) is 14.3. The highest BCUT2D eigenvalue weighted by atomic mass is 35.5. The predicted octanol–water partition coefficient (Wildman–Crippen LogP) is 1.20. The van der Waals surface area contributed by atoms with E-state index >= 15 is 0 Å². The highest BCUT2D eigenvalue weighted by molar-refractivity contribution is 7.89. The average molecular weight is 389 g/mol. The summed E-state index contributed by atoms with van der Waals surface area (Å²) in [5.74, 6) is -0.197. The summed E-state index contributed by atoms with van der Waals surface area (Å²) in [5.41, 5.74) is 6.23. The summed E-state index contributed by atoms with van der Waals surface area (Å²) >= 11 is 6.01. The van der Waals surface area contributed by atoms with Crippen LogP contribution in [-0.4, -0.2) is 63.8 Å². The Hall–Kier alpha value is -1.19. The molecule has 1 aromatic carbocycles. The van der Waals surface area contributed by atoms with E-state index in [1.807, 2.05) is 0 Å². The zero-order valence-corrected chi connectivity index (χ0v) is 16.3. The summed E-state index contributed by atoms with van der Waals surface area (Å²) in [5, 5.41) is 2.86. The fourth-order valence-corrected chi connectivity index (χ4v) is 4.20. The number of rotatable bonds is 6. The molecule has 0 aromatic heterocycles.